The van der Waals surface area contributed by atoms with Crippen molar-refractivity contribution in [2.75, 3.05) is 5.32 Å². The lowest BCUT2D eigenvalue weighted by Gasteiger charge is -2.22. The van der Waals surface area contributed by atoms with Gasteiger partial charge in [0.1, 0.15) is 5.69 Å². The Morgan fingerprint density at radius 3 is 1.88 bits per heavy atom. The van der Waals surface area contributed by atoms with Crippen molar-refractivity contribution in [3.8, 4) is 0 Å². The predicted molar refractivity (Wildman–Crippen MR) is 56.6 cm³/mol. The van der Waals surface area contributed by atoms with Gasteiger partial charge in [-0.1, -0.05) is 20.8 Å². The minimum absolute atomic E-state index is 0.0677. The van der Waals surface area contributed by atoms with Crippen LogP contribution in [0.5, 0.6) is 0 Å². The zero-order valence-corrected chi connectivity index (χ0v) is 9.82. The predicted octanol–water partition coefficient (Wildman–Crippen LogP) is 3.48. The molecule has 0 fully saturated rings. The molecule has 0 bridgehead atoms. The Kier molecular flexibility index (Phi) is 4.31. The van der Waals surface area contributed by atoms with E-state index >= 15 is 0 Å². The van der Waals surface area contributed by atoms with Crippen LogP contribution in [0.1, 0.15) is 27.2 Å². The Morgan fingerprint density at radius 1 is 1.06 bits per heavy atom. The summed E-state index contributed by atoms with van der Waals surface area (Å²) < 4.78 is 52.3. The zero-order valence-electron chi connectivity index (χ0n) is 9.82. The topological polar surface area (TPSA) is 24.9 Å². The number of hydrogen-bond donors (Lipinski definition) is 1. The van der Waals surface area contributed by atoms with Crippen LogP contribution < -0.4 is 5.32 Å². The van der Waals surface area contributed by atoms with Gasteiger partial charge >= 0.3 is 0 Å². The number of rotatable bonds is 4. The zero-order chi connectivity index (χ0) is 13.2. The van der Waals surface area contributed by atoms with E-state index in [-0.39, 0.29) is 12.0 Å². The first-order valence-corrected chi connectivity index (χ1v) is 5.35. The molecule has 0 aliphatic rings. The molecule has 0 spiro atoms. The molecule has 1 heterocycles. The van der Waals surface area contributed by atoms with Crippen LogP contribution in [0, 0.1) is 29.4 Å². The largest absolute Gasteiger partial charge is 0.377 e. The number of halogens is 4. The van der Waals surface area contributed by atoms with Crippen molar-refractivity contribution in [1.29, 1.82) is 0 Å². The van der Waals surface area contributed by atoms with Crippen molar-refractivity contribution in [2.45, 2.75) is 33.2 Å². The summed E-state index contributed by atoms with van der Waals surface area (Å²) in [5, 5.41) is 2.48. The van der Waals surface area contributed by atoms with E-state index in [1.54, 1.807) is 6.92 Å². The van der Waals surface area contributed by atoms with Crippen LogP contribution >= 0.6 is 0 Å². The lowest BCUT2D eigenvalue weighted by atomic mass is 10.0. The first-order chi connectivity index (χ1) is 7.88. The Bertz CT molecular complexity index is 381. The van der Waals surface area contributed by atoms with Crippen molar-refractivity contribution in [3.63, 3.8) is 0 Å². The molecule has 1 atom stereocenters. The Labute approximate surface area is 97.1 Å². The number of pyridine rings is 1. The molecule has 0 saturated heterocycles. The second kappa shape index (κ2) is 5.33. The molecule has 0 aliphatic heterocycles. The van der Waals surface area contributed by atoms with Crippen LogP contribution in [0.4, 0.5) is 23.2 Å². The van der Waals surface area contributed by atoms with Crippen molar-refractivity contribution in [3.05, 3.63) is 23.5 Å². The highest BCUT2D eigenvalue weighted by molar-refractivity contribution is 5.46. The molecular weight excluding hydrogens is 236 g/mol. The molecule has 96 valence electrons. The highest BCUT2D eigenvalue weighted by Gasteiger charge is 2.23. The molecular formula is C11H14F4N2. The maximum Gasteiger partial charge on any atom is 0.253 e. The standard InChI is InChI=1S/C11H14F4N2/c1-4-6(5(2)3)16-9-7(12)10(14)17-11(15)8(9)13/h5-6H,4H2,1-3H3,(H,16,17). The van der Waals surface area contributed by atoms with Gasteiger partial charge < -0.3 is 5.32 Å². The van der Waals surface area contributed by atoms with E-state index in [0.717, 1.165) is 0 Å². The average molecular weight is 250 g/mol. The molecule has 0 aliphatic carbocycles. The lowest BCUT2D eigenvalue weighted by molar-refractivity contribution is 0.406. The summed E-state index contributed by atoms with van der Waals surface area (Å²) in [6.07, 6.45) is 0.572. The molecule has 0 aromatic carbocycles. The third-order valence-corrected chi connectivity index (χ3v) is 2.57. The molecule has 6 heteroatoms. The number of nitrogens with one attached hydrogen (secondary N) is 1. The van der Waals surface area contributed by atoms with Gasteiger partial charge in [-0.05, 0) is 12.3 Å². The van der Waals surface area contributed by atoms with Crippen LogP contribution in [0.3, 0.4) is 0 Å². The van der Waals surface area contributed by atoms with Gasteiger partial charge in [-0.2, -0.15) is 22.5 Å². The van der Waals surface area contributed by atoms with E-state index < -0.39 is 29.2 Å². The second-order valence-corrected chi connectivity index (χ2v) is 4.10. The van der Waals surface area contributed by atoms with Gasteiger partial charge in [0.15, 0.2) is 0 Å². The first-order valence-electron chi connectivity index (χ1n) is 5.35. The summed E-state index contributed by atoms with van der Waals surface area (Å²) in [6.45, 7) is 5.48. The van der Waals surface area contributed by atoms with Gasteiger partial charge in [0.2, 0.25) is 11.6 Å². The lowest BCUT2D eigenvalue weighted by Crippen LogP contribution is -2.26. The van der Waals surface area contributed by atoms with Crippen LogP contribution in [0.15, 0.2) is 0 Å². The quantitative estimate of drug-likeness (QED) is 0.653. The van der Waals surface area contributed by atoms with Crippen molar-refractivity contribution < 1.29 is 17.6 Å². The second-order valence-electron chi connectivity index (χ2n) is 4.10. The third kappa shape index (κ3) is 2.87. The minimum atomic E-state index is -1.65. The van der Waals surface area contributed by atoms with Crippen molar-refractivity contribution >= 4 is 5.69 Å². The van der Waals surface area contributed by atoms with Gasteiger partial charge in [0.05, 0.1) is 0 Å². The molecule has 1 rings (SSSR count). The van der Waals surface area contributed by atoms with E-state index in [4.69, 9.17) is 0 Å². The summed E-state index contributed by atoms with van der Waals surface area (Å²) >= 11 is 0. The normalized spacial score (nSPS) is 12.9. The molecule has 2 nitrogen and oxygen atoms in total. The highest BCUT2D eigenvalue weighted by atomic mass is 19.2. The van der Waals surface area contributed by atoms with Gasteiger partial charge in [-0.15, -0.1) is 0 Å². The smallest absolute Gasteiger partial charge is 0.253 e. The number of anilines is 1. The summed E-state index contributed by atoms with van der Waals surface area (Å²) in [5.74, 6) is -6.22. The molecule has 1 unspecified atom stereocenters. The van der Waals surface area contributed by atoms with E-state index in [1.165, 1.54) is 0 Å². The maximum atomic E-state index is 13.3. The fraction of sp³-hybridized carbons (Fsp3) is 0.545. The van der Waals surface area contributed by atoms with Crippen LogP contribution in [-0.2, 0) is 0 Å². The number of hydrogen-bond acceptors (Lipinski definition) is 2. The number of aromatic nitrogens is 1. The molecule has 1 aromatic rings. The maximum absolute atomic E-state index is 13.3. The first kappa shape index (κ1) is 13.7. The van der Waals surface area contributed by atoms with Gasteiger partial charge in [-0.3, -0.25) is 0 Å². The van der Waals surface area contributed by atoms with E-state index in [2.05, 4.69) is 10.3 Å². The SMILES string of the molecule is CCC(Nc1c(F)c(F)nc(F)c1F)C(C)C. The van der Waals surface area contributed by atoms with Crippen molar-refractivity contribution in [1.82, 2.24) is 4.98 Å². The fourth-order valence-corrected chi connectivity index (χ4v) is 1.54. The van der Waals surface area contributed by atoms with E-state index in [9.17, 15) is 17.6 Å². The molecule has 0 saturated carbocycles. The Balaban J connectivity index is 3.13. The average Bonchev–Trinajstić information content (AvgIpc) is 2.26. The molecule has 1 N–H and O–H groups in total. The summed E-state index contributed by atoms with van der Waals surface area (Å²) in [7, 11) is 0. The molecule has 17 heavy (non-hydrogen) atoms. The summed E-state index contributed by atoms with van der Waals surface area (Å²) in [4.78, 5) is 2.49. The van der Waals surface area contributed by atoms with Crippen molar-refractivity contribution in [2.24, 2.45) is 5.92 Å². The fourth-order valence-electron chi connectivity index (χ4n) is 1.54. The van der Waals surface area contributed by atoms with Crippen LogP contribution in [0.2, 0.25) is 0 Å². The number of nitrogens with zero attached hydrogens (tertiary/aromatic N) is 1. The third-order valence-electron chi connectivity index (χ3n) is 2.57. The highest BCUT2D eigenvalue weighted by Crippen LogP contribution is 2.24. The summed E-state index contributed by atoms with van der Waals surface area (Å²) in [5.41, 5.74) is -0.796. The Hall–Kier alpha value is -1.33. The monoisotopic (exact) mass is 250 g/mol. The Morgan fingerprint density at radius 2 is 1.53 bits per heavy atom. The minimum Gasteiger partial charge on any atom is -0.377 e. The molecule has 1 aromatic heterocycles. The van der Waals surface area contributed by atoms with Crippen LogP contribution in [0.25, 0.3) is 0 Å². The van der Waals surface area contributed by atoms with Gasteiger partial charge in [0, 0.05) is 6.04 Å². The van der Waals surface area contributed by atoms with E-state index in [0.29, 0.717) is 6.42 Å². The molecule has 0 radical (unpaired) electrons. The van der Waals surface area contributed by atoms with Gasteiger partial charge in [0.25, 0.3) is 11.9 Å². The summed E-state index contributed by atoms with van der Waals surface area (Å²) in [6, 6.07) is -0.278. The van der Waals surface area contributed by atoms with Crippen LogP contribution in [-0.4, -0.2) is 11.0 Å². The molecule has 0 amide bonds. The van der Waals surface area contributed by atoms with E-state index in [1.807, 2.05) is 13.8 Å². The van der Waals surface area contributed by atoms with Gasteiger partial charge in [-0.25, -0.2) is 0 Å².